The van der Waals surface area contributed by atoms with Crippen molar-refractivity contribution >= 4 is 17.1 Å². The summed E-state index contributed by atoms with van der Waals surface area (Å²) in [4.78, 5) is 19.6. The van der Waals surface area contributed by atoms with E-state index in [0.29, 0.717) is 12.1 Å². The van der Waals surface area contributed by atoms with Crippen molar-refractivity contribution in [3.8, 4) is 0 Å². The molecule has 0 amide bonds. The van der Waals surface area contributed by atoms with Crippen molar-refractivity contribution in [1.29, 1.82) is 0 Å². The first-order valence-electron chi connectivity index (χ1n) is 6.25. The van der Waals surface area contributed by atoms with Crippen molar-refractivity contribution in [3.63, 3.8) is 0 Å². The van der Waals surface area contributed by atoms with Gasteiger partial charge in [0, 0.05) is 6.20 Å². The van der Waals surface area contributed by atoms with Crippen LogP contribution in [0.2, 0.25) is 0 Å². The topological polar surface area (TPSA) is 68.0 Å². The standard InChI is InChI=1S/C15H13N3O2/c1-10-17-13-3-2-8-16-14(13)18(10)9-11-4-6-12(7-5-11)15(19)20/h2-8H,9H2,1H3,(H,19,20). The largest absolute Gasteiger partial charge is 0.478 e. The molecule has 100 valence electrons. The molecule has 0 aliphatic heterocycles. The Morgan fingerprint density at radius 1 is 1.25 bits per heavy atom. The number of aromatic nitrogens is 3. The molecule has 5 nitrogen and oxygen atoms in total. The molecular formula is C15H13N3O2. The average molecular weight is 267 g/mol. The Hall–Kier alpha value is -2.69. The fraction of sp³-hybridized carbons (Fsp3) is 0.133. The van der Waals surface area contributed by atoms with Crippen LogP contribution in [0, 0.1) is 6.92 Å². The van der Waals surface area contributed by atoms with Gasteiger partial charge in [0.15, 0.2) is 5.65 Å². The number of hydrogen-bond donors (Lipinski definition) is 1. The molecule has 2 aromatic heterocycles. The molecule has 0 atom stereocenters. The summed E-state index contributed by atoms with van der Waals surface area (Å²) >= 11 is 0. The van der Waals surface area contributed by atoms with Gasteiger partial charge in [0.2, 0.25) is 0 Å². The van der Waals surface area contributed by atoms with E-state index < -0.39 is 5.97 Å². The Labute approximate surface area is 115 Å². The Balaban J connectivity index is 1.96. The maximum atomic E-state index is 10.8. The van der Waals surface area contributed by atoms with Gasteiger partial charge in [0.05, 0.1) is 12.1 Å². The van der Waals surface area contributed by atoms with Crippen molar-refractivity contribution in [2.75, 3.05) is 0 Å². The number of carboxylic acids is 1. The summed E-state index contributed by atoms with van der Waals surface area (Å²) < 4.78 is 2.02. The predicted molar refractivity (Wildman–Crippen MR) is 74.8 cm³/mol. The number of hydrogen-bond acceptors (Lipinski definition) is 3. The molecule has 0 aliphatic rings. The van der Waals surface area contributed by atoms with Gasteiger partial charge in [-0.2, -0.15) is 0 Å². The summed E-state index contributed by atoms with van der Waals surface area (Å²) in [5.74, 6) is -0.0245. The highest BCUT2D eigenvalue weighted by Gasteiger charge is 2.09. The molecule has 0 fully saturated rings. The summed E-state index contributed by atoms with van der Waals surface area (Å²) in [6, 6.07) is 10.6. The summed E-state index contributed by atoms with van der Waals surface area (Å²) in [6.07, 6.45) is 1.74. The Morgan fingerprint density at radius 2 is 2.00 bits per heavy atom. The van der Waals surface area contributed by atoms with Crippen LogP contribution in [-0.4, -0.2) is 25.6 Å². The zero-order valence-corrected chi connectivity index (χ0v) is 10.9. The van der Waals surface area contributed by atoms with Gasteiger partial charge in [-0.05, 0) is 36.8 Å². The Morgan fingerprint density at radius 3 is 2.70 bits per heavy atom. The van der Waals surface area contributed by atoms with Gasteiger partial charge in [-0.25, -0.2) is 14.8 Å². The molecule has 2 heterocycles. The van der Waals surface area contributed by atoms with E-state index in [9.17, 15) is 4.79 Å². The van der Waals surface area contributed by atoms with Crippen molar-refractivity contribution in [1.82, 2.24) is 14.5 Å². The maximum Gasteiger partial charge on any atom is 0.335 e. The van der Waals surface area contributed by atoms with Crippen LogP contribution < -0.4 is 0 Å². The molecule has 0 spiro atoms. The molecule has 0 saturated carbocycles. The average Bonchev–Trinajstić information content (AvgIpc) is 2.76. The number of carbonyl (C=O) groups is 1. The molecular weight excluding hydrogens is 254 g/mol. The van der Waals surface area contributed by atoms with Crippen LogP contribution in [0.15, 0.2) is 42.6 Å². The SMILES string of the molecule is Cc1nc2cccnc2n1Cc1ccc(C(=O)O)cc1. The van der Waals surface area contributed by atoms with Crippen LogP contribution in [0.3, 0.4) is 0 Å². The highest BCUT2D eigenvalue weighted by Crippen LogP contribution is 2.15. The molecule has 0 saturated heterocycles. The first-order chi connectivity index (χ1) is 9.65. The fourth-order valence-corrected chi connectivity index (χ4v) is 2.20. The van der Waals surface area contributed by atoms with E-state index in [4.69, 9.17) is 5.11 Å². The minimum absolute atomic E-state index is 0.291. The minimum atomic E-state index is -0.914. The second-order valence-electron chi connectivity index (χ2n) is 4.59. The van der Waals surface area contributed by atoms with Crippen LogP contribution in [-0.2, 0) is 6.54 Å². The fourth-order valence-electron chi connectivity index (χ4n) is 2.20. The van der Waals surface area contributed by atoms with Crippen LogP contribution in [0.1, 0.15) is 21.7 Å². The minimum Gasteiger partial charge on any atom is -0.478 e. The third-order valence-electron chi connectivity index (χ3n) is 3.24. The second kappa shape index (κ2) is 4.77. The van der Waals surface area contributed by atoms with E-state index in [2.05, 4.69) is 9.97 Å². The monoisotopic (exact) mass is 267 g/mol. The van der Waals surface area contributed by atoms with Crippen LogP contribution in [0.5, 0.6) is 0 Å². The molecule has 1 N–H and O–H groups in total. The number of rotatable bonds is 3. The lowest BCUT2D eigenvalue weighted by Crippen LogP contribution is -2.03. The second-order valence-corrected chi connectivity index (χ2v) is 4.59. The number of nitrogens with zero attached hydrogens (tertiary/aromatic N) is 3. The van der Waals surface area contributed by atoms with Crippen molar-refractivity contribution in [2.45, 2.75) is 13.5 Å². The zero-order chi connectivity index (χ0) is 14.1. The van der Waals surface area contributed by atoms with E-state index in [1.54, 1.807) is 18.3 Å². The van der Waals surface area contributed by atoms with Crippen molar-refractivity contribution < 1.29 is 9.90 Å². The quantitative estimate of drug-likeness (QED) is 0.791. The zero-order valence-electron chi connectivity index (χ0n) is 10.9. The Bertz CT molecular complexity index is 775. The van der Waals surface area contributed by atoms with Gasteiger partial charge in [-0.3, -0.25) is 0 Å². The lowest BCUT2D eigenvalue weighted by molar-refractivity contribution is 0.0697. The van der Waals surface area contributed by atoms with Crippen molar-refractivity contribution in [3.05, 3.63) is 59.5 Å². The normalized spacial score (nSPS) is 10.8. The highest BCUT2D eigenvalue weighted by atomic mass is 16.4. The molecule has 20 heavy (non-hydrogen) atoms. The van der Waals surface area contributed by atoms with Crippen LogP contribution in [0.25, 0.3) is 11.2 Å². The van der Waals surface area contributed by atoms with E-state index in [1.807, 2.05) is 35.8 Å². The third kappa shape index (κ3) is 2.14. The van der Waals surface area contributed by atoms with E-state index in [1.165, 1.54) is 0 Å². The van der Waals surface area contributed by atoms with Gasteiger partial charge in [-0.15, -0.1) is 0 Å². The number of fused-ring (bicyclic) bond motifs is 1. The first-order valence-corrected chi connectivity index (χ1v) is 6.25. The van der Waals surface area contributed by atoms with Crippen molar-refractivity contribution in [2.24, 2.45) is 0 Å². The number of carboxylic acid groups (broad SMARTS) is 1. The molecule has 0 aliphatic carbocycles. The molecule has 3 aromatic rings. The number of pyridine rings is 1. The van der Waals surface area contributed by atoms with E-state index in [0.717, 1.165) is 22.6 Å². The molecule has 0 unspecified atom stereocenters. The van der Waals surface area contributed by atoms with Gasteiger partial charge < -0.3 is 9.67 Å². The molecule has 1 aromatic carbocycles. The number of aryl methyl sites for hydroxylation is 1. The maximum absolute atomic E-state index is 10.8. The summed E-state index contributed by atoms with van der Waals surface area (Å²) in [5, 5.41) is 8.89. The van der Waals surface area contributed by atoms with Gasteiger partial charge in [0.25, 0.3) is 0 Å². The first kappa shape index (κ1) is 12.3. The molecule has 0 bridgehead atoms. The van der Waals surface area contributed by atoms with E-state index in [-0.39, 0.29) is 0 Å². The molecule has 3 rings (SSSR count). The van der Waals surface area contributed by atoms with Gasteiger partial charge in [-0.1, -0.05) is 12.1 Å². The third-order valence-corrected chi connectivity index (χ3v) is 3.24. The Kier molecular flexibility index (Phi) is 2.95. The van der Waals surface area contributed by atoms with Gasteiger partial charge >= 0.3 is 5.97 Å². The summed E-state index contributed by atoms with van der Waals surface area (Å²) in [5.41, 5.74) is 3.02. The number of benzene rings is 1. The lowest BCUT2D eigenvalue weighted by Gasteiger charge is -2.06. The summed E-state index contributed by atoms with van der Waals surface area (Å²) in [7, 11) is 0. The van der Waals surface area contributed by atoms with Gasteiger partial charge in [0.1, 0.15) is 11.3 Å². The van der Waals surface area contributed by atoms with E-state index >= 15 is 0 Å². The molecule has 0 radical (unpaired) electrons. The highest BCUT2D eigenvalue weighted by molar-refractivity contribution is 5.87. The predicted octanol–water partition coefficient (Wildman–Crippen LogP) is 2.49. The number of imidazole rings is 1. The molecule has 5 heteroatoms. The lowest BCUT2D eigenvalue weighted by atomic mass is 10.1. The van der Waals surface area contributed by atoms with Crippen LogP contribution in [0.4, 0.5) is 0 Å². The smallest absolute Gasteiger partial charge is 0.335 e. The van der Waals surface area contributed by atoms with Crippen LogP contribution >= 0.6 is 0 Å². The summed E-state index contributed by atoms with van der Waals surface area (Å²) in [6.45, 7) is 2.56. The number of aromatic carboxylic acids is 1.